The molecule has 0 atom stereocenters. The van der Waals surface area contributed by atoms with Crippen LogP contribution in [0.4, 0.5) is 0 Å². The van der Waals surface area contributed by atoms with E-state index in [4.69, 9.17) is 11.6 Å². The SMILES string of the molecule is Cn1nccc1CCNCc1cc(Br)ccc1Cl. The molecular weight excluding hydrogens is 314 g/mol. The molecule has 0 saturated carbocycles. The zero-order chi connectivity index (χ0) is 13.0. The van der Waals surface area contributed by atoms with Gasteiger partial charge in [0.15, 0.2) is 0 Å². The van der Waals surface area contributed by atoms with Crippen molar-refractivity contribution in [2.75, 3.05) is 6.54 Å². The monoisotopic (exact) mass is 327 g/mol. The molecule has 0 bridgehead atoms. The average molecular weight is 329 g/mol. The van der Waals surface area contributed by atoms with E-state index < -0.39 is 0 Å². The van der Waals surface area contributed by atoms with Crippen LogP contribution >= 0.6 is 27.5 Å². The Balaban J connectivity index is 1.82. The Bertz CT molecular complexity index is 525. The van der Waals surface area contributed by atoms with Gasteiger partial charge in [-0.3, -0.25) is 4.68 Å². The van der Waals surface area contributed by atoms with E-state index in [1.54, 1.807) is 0 Å². The first kappa shape index (κ1) is 13.6. The van der Waals surface area contributed by atoms with Crippen molar-refractivity contribution in [1.29, 1.82) is 0 Å². The van der Waals surface area contributed by atoms with Crippen molar-refractivity contribution in [1.82, 2.24) is 15.1 Å². The molecule has 0 unspecified atom stereocenters. The van der Waals surface area contributed by atoms with Crippen molar-refractivity contribution in [2.24, 2.45) is 7.05 Å². The zero-order valence-corrected chi connectivity index (χ0v) is 12.5. The Kier molecular flexibility index (Phi) is 4.80. The van der Waals surface area contributed by atoms with Crippen LogP contribution in [-0.2, 0) is 20.0 Å². The second-order valence-electron chi connectivity index (χ2n) is 4.11. The van der Waals surface area contributed by atoms with E-state index in [0.717, 1.165) is 34.6 Å². The van der Waals surface area contributed by atoms with Gasteiger partial charge < -0.3 is 5.32 Å². The molecule has 0 aliphatic rings. The summed E-state index contributed by atoms with van der Waals surface area (Å²) in [6.45, 7) is 1.68. The normalized spacial score (nSPS) is 10.8. The van der Waals surface area contributed by atoms with Gasteiger partial charge in [-0.05, 0) is 29.8 Å². The number of benzene rings is 1. The molecule has 0 saturated heterocycles. The molecule has 1 heterocycles. The lowest BCUT2D eigenvalue weighted by atomic mass is 10.2. The Hall–Kier alpha value is -0.840. The van der Waals surface area contributed by atoms with Gasteiger partial charge in [-0.1, -0.05) is 27.5 Å². The van der Waals surface area contributed by atoms with Crippen molar-refractivity contribution in [3.63, 3.8) is 0 Å². The van der Waals surface area contributed by atoms with Gasteiger partial charge in [0, 0.05) is 47.9 Å². The summed E-state index contributed by atoms with van der Waals surface area (Å²) in [6, 6.07) is 7.93. The highest BCUT2D eigenvalue weighted by Crippen LogP contribution is 2.20. The lowest BCUT2D eigenvalue weighted by molar-refractivity contribution is 0.643. The molecule has 96 valence electrons. The van der Waals surface area contributed by atoms with Crippen LogP contribution in [0.1, 0.15) is 11.3 Å². The first-order chi connectivity index (χ1) is 8.66. The third-order valence-electron chi connectivity index (χ3n) is 2.80. The quantitative estimate of drug-likeness (QED) is 0.854. The predicted molar refractivity (Wildman–Crippen MR) is 77.8 cm³/mol. The van der Waals surface area contributed by atoms with Gasteiger partial charge >= 0.3 is 0 Å². The molecule has 1 aromatic heterocycles. The lowest BCUT2D eigenvalue weighted by Crippen LogP contribution is -2.18. The highest BCUT2D eigenvalue weighted by Gasteiger charge is 2.02. The molecule has 2 aromatic rings. The summed E-state index contributed by atoms with van der Waals surface area (Å²) in [6.07, 6.45) is 2.78. The van der Waals surface area contributed by atoms with E-state index in [1.807, 2.05) is 42.2 Å². The molecule has 2 rings (SSSR count). The van der Waals surface area contributed by atoms with Crippen molar-refractivity contribution < 1.29 is 0 Å². The Morgan fingerprint density at radius 3 is 2.94 bits per heavy atom. The number of aromatic nitrogens is 2. The molecule has 0 amide bonds. The summed E-state index contributed by atoms with van der Waals surface area (Å²) in [5, 5.41) is 8.33. The molecule has 1 N–H and O–H groups in total. The summed E-state index contributed by atoms with van der Waals surface area (Å²) in [7, 11) is 1.96. The van der Waals surface area contributed by atoms with Crippen LogP contribution in [0.2, 0.25) is 5.02 Å². The van der Waals surface area contributed by atoms with Crippen molar-refractivity contribution >= 4 is 27.5 Å². The summed E-state index contributed by atoms with van der Waals surface area (Å²) in [4.78, 5) is 0. The minimum Gasteiger partial charge on any atom is -0.312 e. The van der Waals surface area contributed by atoms with Crippen LogP contribution in [0, 0.1) is 0 Å². The van der Waals surface area contributed by atoms with Crippen molar-refractivity contribution in [3.8, 4) is 0 Å². The highest BCUT2D eigenvalue weighted by molar-refractivity contribution is 9.10. The Labute approximate surface area is 120 Å². The molecule has 1 aromatic carbocycles. The summed E-state index contributed by atoms with van der Waals surface area (Å²) < 4.78 is 2.95. The molecule has 18 heavy (non-hydrogen) atoms. The summed E-state index contributed by atoms with van der Waals surface area (Å²) >= 11 is 9.57. The first-order valence-electron chi connectivity index (χ1n) is 5.78. The lowest BCUT2D eigenvalue weighted by Gasteiger charge is -2.07. The summed E-state index contributed by atoms with van der Waals surface area (Å²) in [5.74, 6) is 0. The number of aryl methyl sites for hydroxylation is 1. The zero-order valence-electron chi connectivity index (χ0n) is 10.2. The van der Waals surface area contributed by atoms with Gasteiger partial charge in [0.1, 0.15) is 0 Å². The molecule has 0 aliphatic carbocycles. The summed E-state index contributed by atoms with van der Waals surface area (Å²) in [5.41, 5.74) is 2.33. The fourth-order valence-electron chi connectivity index (χ4n) is 1.76. The molecule has 5 heteroatoms. The molecule has 0 radical (unpaired) electrons. The minimum absolute atomic E-state index is 0.774. The van der Waals surface area contributed by atoms with Gasteiger partial charge in [0.05, 0.1) is 0 Å². The van der Waals surface area contributed by atoms with E-state index in [0.29, 0.717) is 0 Å². The standard InChI is InChI=1S/C13H15BrClN3/c1-18-12(5-7-17-18)4-6-16-9-10-8-11(14)2-3-13(10)15/h2-3,5,7-8,16H,4,6,9H2,1H3. The van der Waals surface area contributed by atoms with Gasteiger partial charge in [-0.15, -0.1) is 0 Å². The average Bonchev–Trinajstić information content (AvgIpc) is 2.75. The van der Waals surface area contributed by atoms with Crippen LogP contribution < -0.4 is 5.32 Å². The fourth-order valence-corrected chi connectivity index (χ4v) is 2.36. The largest absolute Gasteiger partial charge is 0.312 e. The first-order valence-corrected chi connectivity index (χ1v) is 6.95. The molecule has 0 spiro atoms. The second-order valence-corrected chi connectivity index (χ2v) is 5.43. The van der Waals surface area contributed by atoms with E-state index in [2.05, 4.69) is 26.3 Å². The van der Waals surface area contributed by atoms with Gasteiger partial charge in [0.25, 0.3) is 0 Å². The number of halogens is 2. The maximum Gasteiger partial charge on any atom is 0.0492 e. The Morgan fingerprint density at radius 2 is 2.22 bits per heavy atom. The van der Waals surface area contributed by atoms with E-state index in [1.165, 1.54) is 5.69 Å². The van der Waals surface area contributed by atoms with Crippen LogP contribution in [0.3, 0.4) is 0 Å². The number of hydrogen-bond donors (Lipinski definition) is 1. The van der Waals surface area contributed by atoms with E-state index in [-0.39, 0.29) is 0 Å². The number of nitrogens with one attached hydrogen (secondary N) is 1. The molecule has 0 fully saturated rings. The van der Waals surface area contributed by atoms with Crippen LogP contribution in [0.25, 0.3) is 0 Å². The van der Waals surface area contributed by atoms with E-state index >= 15 is 0 Å². The second kappa shape index (κ2) is 6.36. The van der Waals surface area contributed by atoms with Gasteiger partial charge in [0.2, 0.25) is 0 Å². The smallest absolute Gasteiger partial charge is 0.0492 e. The number of rotatable bonds is 5. The van der Waals surface area contributed by atoms with Gasteiger partial charge in [-0.25, -0.2) is 0 Å². The molecule has 3 nitrogen and oxygen atoms in total. The third-order valence-corrected chi connectivity index (χ3v) is 3.67. The van der Waals surface area contributed by atoms with Crippen molar-refractivity contribution in [3.05, 3.63) is 51.2 Å². The van der Waals surface area contributed by atoms with E-state index in [9.17, 15) is 0 Å². The van der Waals surface area contributed by atoms with Crippen LogP contribution in [0.15, 0.2) is 34.9 Å². The number of nitrogens with zero attached hydrogens (tertiary/aromatic N) is 2. The van der Waals surface area contributed by atoms with Gasteiger partial charge in [-0.2, -0.15) is 5.10 Å². The molecule has 0 aliphatic heterocycles. The molecular formula is C13H15BrClN3. The number of hydrogen-bond acceptors (Lipinski definition) is 2. The maximum absolute atomic E-state index is 6.12. The van der Waals surface area contributed by atoms with Crippen molar-refractivity contribution in [2.45, 2.75) is 13.0 Å². The highest BCUT2D eigenvalue weighted by atomic mass is 79.9. The van der Waals surface area contributed by atoms with Crippen LogP contribution in [0.5, 0.6) is 0 Å². The Morgan fingerprint density at radius 1 is 1.39 bits per heavy atom. The maximum atomic E-state index is 6.12. The predicted octanol–water partition coefficient (Wildman–Crippen LogP) is 3.17. The third kappa shape index (κ3) is 3.57. The topological polar surface area (TPSA) is 29.9 Å². The van der Waals surface area contributed by atoms with Crippen LogP contribution in [-0.4, -0.2) is 16.3 Å². The minimum atomic E-state index is 0.774. The fraction of sp³-hybridized carbons (Fsp3) is 0.308.